The topological polar surface area (TPSA) is 78.6 Å². The normalized spacial score (nSPS) is 12.4. The molecule has 112 valence electrons. The maximum absolute atomic E-state index is 13.4. The summed E-state index contributed by atoms with van der Waals surface area (Å²) >= 11 is 0. The third-order valence-corrected chi connectivity index (χ3v) is 3.20. The van der Waals surface area contributed by atoms with Gasteiger partial charge in [-0.25, -0.2) is 4.39 Å². The maximum Gasteiger partial charge on any atom is 0.224 e. The van der Waals surface area contributed by atoms with Crippen LogP contribution in [0, 0.1) is 5.82 Å². The monoisotopic (exact) mass is 283 g/mol. The largest absolute Gasteiger partial charge is 0.399 e. The van der Waals surface area contributed by atoms with Gasteiger partial charge in [0, 0.05) is 18.2 Å². The maximum atomic E-state index is 13.4. The molecule has 1 atom stereocenters. The van der Waals surface area contributed by atoms with Gasteiger partial charge in [0.25, 0.3) is 0 Å². The lowest BCUT2D eigenvalue weighted by atomic mass is 10.2. The number of carbonyl (C=O) groups is 1. The quantitative estimate of drug-likeness (QED) is 0.662. The van der Waals surface area contributed by atoms with E-state index in [0.717, 1.165) is 0 Å². The molecule has 6 heteroatoms. The summed E-state index contributed by atoms with van der Waals surface area (Å²) in [4.78, 5) is 13.7. The van der Waals surface area contributed by atoms with E-state index < -0.39 is 5.82 Å². The fraction of sp³-hybridized carbons (Fsp3) is 0.500. The average Bonchev–Trinajstić information content (AvgIpc) is 2.41. The Bertz CT molecular complexity index is 454. The number of nitrogen functional groups attached to an aromatic ring is 1. The number of aliphatic hydroxyl groups excluding tert-OH is 1. The number of aliphatic hydroxyl groups is 1. The Kier molecular flexibility index (Phi) is 6.41. The summed E-state index contributed by atoms with van der Waals surface area (Å²) in [6.45, 7) is 2.67. The number of halogens is 1. The van der Waals surface area contributed by atoms with Crippen molar-refractivity contribution < 1.29 is 14.3 Å². The van der Waals surface area contributed by atoms with Gasteiger partial charge in [-0.3, -0.25) is 4.79 Å². The number of nitrogens with zero attached hydrogens (tertiary/aromatic N) is 1. The average molecular weight is 283 g/mol. The van der Waals surface area contributed by atoms with Crippen LogP contribution in [-0.2, 0) is 4.79 Å². The van der Waals surface area contributed by atoms with E-state index in [2.05, 4.69) is 5.32 Å². The molecule has 0 saturated carbocycles. The molecule has 4 N–H and O–H groups in total. The van der Waals surface area contributed by atoms with Gasteiger partial charge in [-0.05, 0) is 45.1 Å². The van der Waals surface area contributed by atoms with Crippen LogP contribution >= 0.6 is 0 Å². The molecule has 0 radical (unpaired) electrons. The highest BCUT2D eigenvalue weighted by Gasteiger charge is 2.10. The van der Waals surface area contributed by atoms with Gasteiger partial charge in [0.15, 0.2) is 0 Å². The van der Waals surface area contributed by atoms with E-state index in [9.17, 15) is 9.18 Å². The van der Waals surface area contributed by atoms with Crippen molar-refractivity contribution in [2.45, 2.75) is 25.8 Å². The summed E-state index contributed by atoms with van der Waals surface area (Å²) in [6, 6.07) is 4.12. The lowest BCUT2D eigenvalue weighted by Gasteiger charge is -2.22. The van der Waals surface area contributed by atoms with Gasteiger partial charge in [-0.1, -0.05) is 0 Å². The minimum atomic E-state index is -0.501. The number of amides is 1. The number of nitrogens with two attached hydrogens (primary N) is 1. The minimum absolute atomic E-state index is 0.0597. The fourth-order valence-electron chi connectivity index (χ4n) is 1.70. The number of nitrogens with one attached hydrogen (secondary N) is 1. The van der Waals surface area contributed by atoms with Crippen molar-refractivity contribution in [3.05, 3.63) is 24.0 Å². The van der Waals surface area contributed by atoms with Gasteiger partial charge < -0.3 is 21.1 Å². The van der Waals surface area contributed by atoms with E-state index in [-0.39, 0.29) is 30.7 Å². The number of likely N-dealkylation sites (N-methyl/N-ethyl adjacent to an activating group) is 1. The van der Waals surface area contributed by atoms with Crippen LogP contribution in [0.1, 0.15) is 19.8 Å². The first kappa shape index (κ1) is 16.4. The van der Waals surface area contributed by atoms with Gasteiger partial charge in [-0.2, -0.15) is 0 Å². The van der Waals surface area contributed by atoms with Crippen LogP contribution in [0.15, 0.2) is 18.2 Å². The summed E-state index contributed by atoms with van der Waals surface area (Å²) in [7, 11) is 1.89. The highest BCUT2D eigenvalue weighted by Crippen LogP contribution is 2.17. The van der Waals surface area contributed by atoms with Gasteiger partial charge in [-0.15, -0.1) is 0 Å². The second kappa shape index (κ2) is 7.81. The summed E-state index contributed by atoms with van der Waals surface area (Å²) in [5.41, 5.74) is 6.05. The van der Waals surface area contributed by atoms with Crippen molar-refractivity contribution in [2.24, 2.45) is 0 Å². The Labute approximate surface area is 118 Å². The predicted octanol–water partition coefficient (Wildman–Crippen LogP) is 1.44. The van der Waals surface area contributed by atoms with Crippen LogP contribution < -0.4 is 11.1 Å². The van der Waals surface area contributed by atoms with Gasteiger partial charge >= 0.3 is 0 Å². The highest BCUT2D eigenvalue weighted by molar-refractivity contribution is 5.91. The van der Waals surface area contributed by atoms with E-state index in [1.54, 1.807) is 0 Å². The van der Waals surface area contributed by atoms with Crippen LogP contribution in [0.5, 0.6) is 0 Å². The van der Waals surface area contributed by atoms with E-state index in [1.807, 2.05) is 18.9 Å². The van der Waals surface area contributed by atoms with Crippen molar-refractivity contribution in [1.29, 1.82) is 0 Å². The van der Waals surface area contributed by atoms with Crippen molar-refractivity contribution in [2.75, 3.05) is 31.2 Å². The molecule has 0 fully saturated rings. The Hall–Kier alpha value is -1.66. The molecule has 20 heavy (non-hydrogen) atoms. The van der Waals surface area contributed by atoms with Gasteiger partial charge in [0.05, 0.1) is 12.3 Å². The Morgan fingerprint density at radius 2 is 2.25 bits per heavy atom. The van der Waals surface area contributed by atoms with Crippen molar-refractivity contribution in [3.8, 4) is 0 Å². The summed E-state index contributed by atoms with van der Waals surface area (Å²) < 4.78 is 13.4. The van der Waals surface area contributed by atoms with Crippen molar-refractivity contribution in [3.63, 3.8) is 0 Å². The molecule has 0 saturated heterocycles. The molecule has 0 aromatic heterocycles. The fourth-order valence-corrected chi connectivity index (χ4v) is 1.70. The molecule has 0 heterocycles. The molecule has 0 aliphatic rings. The molecule has 0 aliphatic carbocycles. The first-order valence-electron chi connectivity index (χ1n) is 6.60. The molecular formula is C14H22FN3O2. The van der Waals surface area contributed by atoms with Crippen LogP contribution in [0.2, 0.25) is 0 Å². The summed E-state index contributed by atoms with van der Waals surface area (Å²) in [6.07, 6.45) is 0.924. The second-order valence-electron chi connectivity index (χ2n) is 4.90. The summed E-state index contributed by atoms with van der Waals surface area (Å²) in [5, 5.41) is 11.5. The van der Waals surface area contributed by atoms with Gasteiger partial charge in [0.1, 0.15) is 5.82 Å². The van der Waals surface area contributed by atoms with Crippen LogP contribution in [0.4, 0.5) is 15.8 Å². The van der Waals surface area contributed by atoms with E-state index in [1.165, 1.54) is 18.2 Å². The van der Waals surface area contributed by atoms with E-state index in [0.29, 0.717) is 18.7 Å². The van der Waals surface area contributed by atoms with Crippen LogP contribution in [-0.4, -0.2) is 42.2 Å². The molecule has 1 aromatic carbocycles. The number of carbonyl (C=O) groups excluding carboxylic acids is 1. The highest BCUT2D eigenvalue weighted by atomic mass is 19.1. The van der Waals surface area contributed by atoms with Crippen molar-refractivity contribution >= 4 is 17.3 Å². The number of rotatable bonds is 7. The Morgan fingerprint density at radius 1 is 1.55 bits per heavy atom. The number of anilines is 2. The molecular weight excluding hydrogens is 261 g/mol. The molecule has 1 amide bonds. The standard InChI is InChI=1S/C14H22FN3O2/c1-10(9-19)18(2)7-3-4-14(20)17-13-8-11(16)5-6-12(13)15/h5-6,8,10,19H,3-4,7,9,16H2,1-2H3,(H,17,20). The van der Waals surface area contributed by atoms with E-state index >= 15 is 0 Å². The molecule has 0 spiro atoms. The van der Waals surface area contributed by atoms with E-state index in [4.69, 9.17) is 10.8 Å². The Balaban J connectivity index is 2.39. The minimum Gasteiger partial charge on any atom is -0.399 e. The SMILES string of the molecule is CC(CO)N(C)CCCC(=O)Nc1cc(N)ccc1F. The molecule has 1 rings (SSSR count). The third-order valence-electron chi connectivity index (χ3n) is 3.20. The number of hydrogen-bond donors (Lipinski definition) is 3. The summed E-state index contributed by atoms with van der Waals surface area (Å²) in [5.74, 6) is -0.752. The van der Waals surface area contributed by atoms with Gasteiger partial charge in [0.2, 0.25) is 5.91 Å². The zero-order valence-corrected chi connectivity index (χ0v) is 11.9. The molecule has 0 bridgehead atoms. The molecule has 1 aromatic rings. The predicted molar refractivity (Wildman–Crippen MR) is 77.9 cm³/mol. The number of benzene rings is 1. The van der Waals surface area contributed by atoms with Crippen LogP contribution in [0.3, 0.4) is 0 Å². The first-order chi connectivity index (χ1) is 9.43. The lowest BCUT2D eigenvalue weighted by molar-refractivity contribution is -0.116. The van der Waals surface area contributed by atoms with Crippen molar-refractivity contribution in [1.82, 2.24) is 4.90 Å². The zero-order chi connectivity index (χ0) is 15.1. The molecule has 5 nitrogen and oxygen atoms in total. The zero-order valence-electron chi connectivity index (χ0n) is 11.9. The second-order valence-corrected chi connectivity index (χ2v) is 4.90. The first-order valence-corrected chi connectivity index (χ1v) is 6.60. The van der Waals surface area contributed by atoms with Crippen LogP contribution in [0.25, 0.3) is 0 Å². The smallest absolute Gasteiger partial charge is 0.224 e. The third kappa shape index (κ3) is 5.14. The molecule has 0 aliphatic heterocycles. The lowest BCUT2D eigenvalue weighted by Crippen LogP contribution is -2.33. The molecule has 1 unspecified atom stereocenters. The Morgan fingerprint density at radius 3 is 2.90 bits per heavy atom. The number of hydrogen-bond acceptors (Lipinski definition) is 4.